The zero-order valence-electron chi connectivity index (χ0n) is 15.8. The summed E-state index contributed by atoms with van der Waals surface area (Å²) in [5.74, 6) is -1.22. The van der Waals surface area contributed by atoms with Gasteiger partial charge in [-0.25, -0.2) is 4.39 Å². The quantitative estimate of drug-likeness (QED) is 0.785. The van der Waals surface area contributed by atoms with Gasteiger partial charge in [0.05, 0.1) is 17.1 Å². The monoisotopic (exact) mass is 360 g/mol. The number of allylic oxidation sites excluding steroid dienone is 1. The third kappa shape index (κ3) is 3.58. The molecule has 0 amide bonds. The average Bonchev–Trinajstić information content (AvgIpc) is 2.74. The van der Waals surface area contributed by atoms with Gasteiger partial charge in [-0.1, -0.05) is 30.3 Å². The number of carbonyl (C=O) groups is 1. The summed E-state index contributed by atoms with van der Waals surface area (Å²) in [4.78, 5) is 11.6. The first-order valence-corrected chi connectivity index (χ1v) is 9.11. The second-order valence-corrected chi connectivity index (χ2v) is 8.35. The first kappa shape index (κ1) is 19.1. The van der Waals surface area contributed by atoms with E-state index in [1.54, 1.807) is 0 Å². The minimum atomic E-state index is -0.958. The molecule has 0 radical (unpaired) electrons. The second kappa shape index (κ2) is 6.82. The van der Waals surface area contributed by atoms with Gasteiger partial charge in [-0.05, 0) is 64.0 Å². The Kier molecular flexibility index (Phi) is 5.01. The molecule has 1 aliphatic heterocycles. The lowest BCUT2D eigenvalue weighted by Gasteiger charge is -2.32. The fraction of sp³-hybridized carbons (Fsp3) is 0.550. The molecular weight excluding hydrogens is 334 g/mol. The molecule has 0 bridgehead atoms. The van der Waals surface area contributed by atoms with Crippen molar-refractivity contribution in [3.05, 3.63) is 47.2 Å². The number of halogens is 1. The topological polar surface area (TPSA) is 55.8 Å². The van der Waals surface area contributed by atoms with Gasteiger partial charge in [0.2, 0.25) is 0 Å². The van der Waals surface area contributed by atoms with Crippen molar-refractivity contribution in [2.24, 2.45) is 5.92 Å². The van der Waals surface area contributed by atoms with Gasteiger partial charge < -0.3 is 14.4 Å². The Hall–Kier alpha value is -1.66. The molecule has 1 atom stereocenters. The van der Waals surface area contributed by atoms with Gasteiger partial charge in [0.1, 0.15) is 5.73 Å². The summed E-state index contributed by atoms with van der Waals surface area (Å²) in [5.41, 5.74) is 0.00182. The van der Waals surface area contributed by atoms with Gasteiger partial charge in [-0.3, -0.25) is 4.79 Å². The van der Waals surface area contributed by atoms with E-state index in [9.17, 15) is 14.3 Å². The number of rotatable bonds is 5. The Morgan fingerprint density at radius 2 is 1.73 bits per heavy atom. The van der Waals surface area contributed by atoms with E-state index in [1.807, 2.05) is 58.0 Å². The van der Waals surface area contributed by atoms with Crippen LogP contribution in [0.15, 0.2) is 41.6 Å². The van der Waals surface area contributed by atoms with Crippen molar-refractivity contribution in [3.63, 3.8) is 0 Å². The Balaban J connectivity index is 1.63. The van der Waals surface area contributed by atoms with Crippen LogP contribution >= 0.6 is 0 Å². The van der Waals surface area contributed by atoms with Crippen LogP contribution in [-0.4, -0.2) is 29.4 Å². The smallest absolute Gasteiger partial charge is 0.481 e. The van der Waals surface area contributed by atoms with E-state index in [0.29, 0.717) is 24.8 Å². The number of carboxylic acid groups (broad SMARTS) is 1. The van der Waals surface area contributed by atoms with Crippen molar-refractivity contribution in [3.8, 4) is 0 Å². The summed E-state index contributed by atoms with van der Waals surface area (Å²) >= 11 is 0. The van der Waals surface area contributed by atoms with Crippen LogP contribution in [0.3, 0.4) is 0 Å². The van der Waals surface area contributed by atoms with Crippen molar-refractivity contribution < 1.29 is 23.6 Å². The Bertz CT molecular complexity index is 690. The van der Waals surface area contributed by atoms with Crippen molar-refractivity contribution in [1.29, 1.82) is 0 Å². The lowest BCUT2D eigenvalue weighted by molar-refractivity contribution is -0.139. The van der Waals surface area contributed by atoms with Crippen molar-refractivity contribution in [2.45, 2.75) is 64.1 Å². The van der Waals surface area contributed by atoms with Crippen molar-refractivity contribution in [1.82, 2.24) is 0 Å². The first-order chi connectivity index (χ1) is 12.1. The zero-order chi connectivity index (χ0) is 19.1. The third-order valence-electron chi connectivity index (χ3n) is 5.94. The predicted octanol–water partition coefficient (Wildman–Crippen LogP) is 4.51. The fourth-order valence-electron chi connectivity index (χ4n) is 3.51. The maximum absolute atomic E-state index is 14.7. The van der Waals surface area contributed by atoms with E-state index in [1.165, 1.54) is 0 Å². The van der Waals surface area contributed by atoms with E-state index in [4.69, 9.17) is 9.31 Å². The molecule has 1 unspecified atom stereocenters. The molecule has 0 spiro atoms. The number of hydrogen-bond acceptors (Lipinski definition) is 3. The highest BCUT2D eigenvalue weighted by Gasteiger charge is 2.54. The van der Waals surface area contributed by atoms with Gasteiger partial charge in [0, 0.05) is 0 Å². The molecule has 2 aliphatic rings. The van der Waals surface area contributed by atoms with Crippen LogP contribution in [0.4, 0.5) is 4.39 Å². The van der Waals surface area contributed by atoms with Gasteiger partial charge in [0.15, 0.2) is 0 Å². The molecule has 2 fully saturated rings. The fourth-order valence-corrected chi connectivity index (χ4v) is 3.51. The molecule has 1 aromatic carbocycles. The molecule has 1 saturated carbocycles. The van der Waals surface area contributed by atoms with Crippen LogP contribution < -0.4 is 0 Å². The molecule has 26 heavy (non-hydrogen) atoms. The second-order valence-electron chi connectivity index (χ2n) is 8.35. The summed E-state index contributed by atoms with van der Waals surface area (Å²) in [6, 6.07) is 9.22. The maximum Gasteiger partial charge on any atom is 0.525 e. The molecule has 6 heteroatoms. The molecule has 4 nitrogen and oxygen atoms in total. The highest BCUT2D eigenvalue weighted by molar-refractivity contribution is 6.53. The summed E-state index contributed by atoms with van der Waals surface area (Å²) in [7, 11) is -0.958. The summed E-state index contributed by atoms with van der Waals surface area (Å²) in [6.07, 6.45) is 1.64. The average molecular weight is 360 g/mol. The van der Waals surface area contributed by atoms with Crippen LogP contribution in [0.25, 0.3) is 0 Å². The first-order valence-electron chi connectivity index (χ1n) is 9.11. The predicted molar refractivity (Wildman–Crippen MR) is 98.4 cm³/mol. The van der Waals surface area contributed by atoms with Crippen molar-refractivity contribution >= 4 is 13.1 Å². The zero-order valence-corrected chi connectivity index (χ0v) is 15.8. The third-order valence-corrected chi connectivity index (χ3v) is 5.94. The van der Waals surface area contributed by atoms with E-state index < -0.39 is 30.2 Å². The van der Waals surface area contributed by atoms with Crippen LogP contribution in [0.2, 0.25) is 0 Å². The molecule has 1 heterocycles. The normalized spacial score (nSPS) is 24.9. The summed E-state index contributed by atoms with van der Waals surface area (Å²) in [6.45, 7) is 7.58. The van der Waals surface area contributed by atoms with E-state index >= 15 is 0 Å². The molecule has 1 aromatic rings. The Labute approximate surface area is 154 Å². The highest BCUT2D eigenvalue weighted by Crippen LogP contribution is 2.45. The molecule has 0 aromatic heterocycles. The Morgan fingerprint density at radius 3 is 2.23 bits per heavy atom. The SMILES string of the molecule is CC1(C)OB(C(F)=C2CC(CC(C(=O)O)c3ccccc3)C2)OC1(C)C. The molecule has 1 saturated heterocycles. The number of benzene rings is 1. The maximum atomic E-state index is 14.7. The van der Waals surface area contributed by atoms with E-state index in [2.05, 4.69) is 0 Å². The molecule has 3 rings (SSSR count). The molecule has 1 N–H and O–H groups in total. The molecule has 140 valence electrons. The van der Waals surface area contributed by atoms with Crippen molar-refractivity contribution in [2.75, 3.05) is 0 Å². The highest BCUT2D eigenvalue weighted by atomic mass is 19.1. The summed E-state index contributed by atoms with van der Waals surface area (Å²) < 4.78 is 26.3. The lowest BCUT2D eigenvalue weighted by Crippen LogP contribution is -2.41. The van der Waals surface area contributed by atoms with Crippen LogP contribution in [0, 0.1) is 5.92 Å². The molecular formula is C20H26BFO4. The van der Waals surface area contributed by atoms with Gasteiger partial charge in [0.25, 0.3) is 0 Å². The largest absolute Gasteiger partial charge is 0.525 e. The number of hydrogen-bond donors (Lipinski definition) is 1. The number of carboxylic acids is 1. The Morgan fingerprint density at radius 1 is 1.19 bits per heavy atom. The van der Waals surface area contributed by atoms with Gasteiger partial charge >= 0.3 is 13.1 Å². The standard InChI is InChI=1S/C20H26BFO4/c1-19(2)20(3,4)26-21(25-19)17(22)15-10-13(11-15)12-16(18(23)24)14-8-6-5-7-9-14/h5-9,13,16H,10-12H2,1-4H3,(H,23,24). The molecule has 1 aliphatic carbocycles. The van der Waals surface area contributed by atoms with Crippen LogP contribution in [-0.2, 0) is 14.1 Å². The summed E-state index contributed by atoms with van der Waals surface area (Å²) in [5, 5.41) is 9.53. The number of aliphatic carboxylic acids is 1. The van der Waals surface area contributed by atoms with Crippen LogP contribution in [0.1, 0.15) is 58.4 Å². The minimum absolute atomic E-state index is 0.166. The van der Waals surface area contributed by atoms with Crippen LogP contribution in [0.5, 0.6) is 0 Å². The van der Waals surface area contributed by atoms with E-state index in [-0.39, 0.29) is 11.6 Å². The van der Waals surface area contributed by atoms with Gasteiger partial charge in [-0.2, -0.15) is 0 Å². The lowest BCUT2D eigenvalue weighted by atomic mass is 9.69. The minimum Gasteiger partial charge on any atom is -0.481 e. The van der Waals surface area contributed by atoms with E-state index in [0.717, 1.165) is 5.56 Å². The van der Waals surface area contributed by atoms with Gasteiger partial charge in [-0.15, -0.1) is 0 Å².